The lowest BCUT2D eigenvalue weighted by molar-refractivity contribution is -0.118. The second-order valence-corrected chi connectivity index (χ2v) is 8.80. The third-order valence-electron chi connectivity index (χ3n) is 4.60. The predicted molar refractivity (Wildman–Crippen MR) is 116 cm³/mol. The van der Waals surface area contributed by atoms with Crippen molar-refractivity contribution in [2.45, 2.75) is 24.5 Å². The summed E-state index contributed by atoms with van der Waals surface area (Å²) in [5, 5.41) is 4.11. The zero-order valence-electron chi connectivity index (χ0n) is 15.4. The van der Waals surface area contributed by atoms with Crippen LogP contribution in [0.5, 0.6) is 0 Å². The van der Waals surface area contributed by atoms with E-state index >= 15 is 0 Å². The van der Waals surface area contributed by atoms with E-state index in [1.54, 1.807) is 10.6 Å². The number of rotatable bonds is 8. The number of thiophene rings is 1. The molecule has 1 amide bonds. The molecule has 1 aromatic carbocycles. The highest BCUT2D eigenvalue weighted by atomic mass is 32.2. The molecule has 1 N–H and O–H groups in total. The number of hydrogen-bond acceptors (Lipinski definition) is 5. The van der Waals surface area contributed by atoms with Crippen LogP contribution >= 0.6 is 23.1 Å². The Labute approximate surface area is 171 Å². The van der Waals surface area contributed by atoms with Crippen molar-refractivity contribution in [3.05, 3.63) is 59.4 Å². The van der Waals surface area contributed by atoms with Crippen molar-refractivity contribution < 1.29 is 4.79 Å². The van der Waals surface area contributed by atoms with Gasteiger partial charge in [0.25, 0.3) is 5.56 Å². The van der Waals surface area contributed by atoms with E-state index in [-0.39, 0.29) is 17.2 Å². The minimum atomic E-state index is -0.0933. The topological polar surface area (TPSA) is 64.0 Å². The van der Waals surface area contributed by atoms with Gasteiger partial charge < -0.3 is 5.32 Å². The predicted octanol–water partition coefficient (Wildman–Crippen LogP) is 3.93. The van der Waals surface area contributed by atoms with Crippen LogP contribution in [0.2, 0.25) is 0 Å². The van der Waals surface area contributed by atoms with Crippen LogP contribution in [0.1, 0.15) is 12.8 Å². The van der Waals surface area contributed by atoms with Gasteiger partial charge in [-0.15, -0.1) is 17.9 Å². The number of benzene rings is 1. The molecule has 1 saturated carbocycles. The molecule has 1 fully saturated rings. The Hall–Kier alpha value is -2.38. The van der Waals surface area contributed by atoms with E-state index in [0.717, 1.165) is 17.0 Å². The van der Waals surface area contributed by atoms with Gasteiger partial charge in [0.2, 0.25) is 5.91 Å². The van der Waals surface area contributed by atoms with E-state index in [2.05, 4.69) is 11.9 Å². The van der Waals surface area contributed by atoms with Crippen LogP contribution in [0.25, 0.3) is 20.7 Å². The van der Waals surface area contributed by atoms with Gasteiger partial charge in [0, 0.05) is 18.0 Å². The highest BCUT2D eigenvalue weighted by Crippen LogP contribution is 2.32. The van der Waals surface area contributed by atoms with E-state index in [1.807, 2.05) is 36.4 Å². The van der Waals surface area contributed by atoms with Gasteiger partial charge in [-0.05, 0) is 30.4 Å². The molecule has 144 valence electrons. The largest absolute Gasteiger partial charge is 0.355 e. The molecule has 0 atom stereocenters. The number of carbonyl (C=O) groups is 1. The Balaban J connectivity index is 1.62. The number of fused-ring (bicyclic) bond motifs is 1. The summed E-state index contributed by atoms with van der Waals surface area (Å²) in [4.78, 5) is 31.5. The Bertz CT molecular complexity index is 1070. The van der Waals surface area contributed by atoms with Gasteiger partial charge in [0.05, 0.1) is 11.1 Å². The number of thioether (sulfide) groups is 1. The smallest absolute Gasteiger partial charge is 0.263 e. The zero-order valence-corrected chi connectivity index (χ0v) is 17.0. The van der Waals surface area contributed by atoms with Gasteiger partial charge in [0.15, 0.2) is 5.16 Å². The summed E-state index contributed by atoms with van der Waals surface area (Å²) in [5.41, 5.74) is 0.970. The Morgan fingerprint density at radius 2 is 2.14 bits per heavy atom. The van der Waals surface area contributed by atoms with Crippen LogP contribution in [-0.2, 0) is 11.3 Å². The van der Waals surface area contributed by atoms with Crippen molar-refractivity contribution in [1.82, 2.24) is 14.9 Å². The van der Waals surface area contributed by atoms with E-state index < -0.39 is 0 Å². The highest BCUT2D eigenvalue weighted by molar-refractivity contribution is 7.99. The number of allylic oxidation sites excluding steroid dienone is 1. The molecule has 5 nitrogen and oxygen atoms in total. The third-order valence-corrected chi connectivity index (χ3v) is 6.66. The first-order chi connectivity index (χ1) is 13.7. The fraction of sp³-hybridized carbons (Fsp3) is 0.286. The van der Waals surface area contributed by atoms with E-state index in [4.69, 9.17) is 4.98 Å². The van der Waals surface area contributed by atoms with Crippen molar-refractivity contribution in [2.24, 2.45) is 5.92 Å². The van der Waals surface area contributed by atoms with Crippen LogP contribution < -0.4 is 10.9 Å². The fourth-order valence-electron chi connectivity index (χ4n) is 2.90. The van der Waals surface area contributed by atoms with Crippen molar-refractivity contribution in [2.75, 3.05) is 12.3 Å². The van der Waals surface area contributed by atoms with Crippen LogP contribution in [0.15, 0.2) is 59.0 Å². The molecular formula is C21H21N3O2S2. The molecule has 2 heterocycles. The summed E-state index contributed by atoms with van der Waals surface area (Å²) in [7, 11) is 0. The molecule has 0 aliphatic heterocycles. The van der Waals surface area contributed by atoms with Crippen molar-refractivity contribution in [1.29, 1.82) is 0 Å². The summed E-state index contributed by atoms with van der Waals surface area (Å²) >= 11 is 2.80. The molecule has 28 heavy (non-hydrogen) atoms. The van der Waals surface area contributed by atoms with Gasteiger partial charge in [0.1, 0.15) is 4.83 Å². The average molecular weight is 412 g/mol. The summed E-state index contributed by atoms with van der Waals surface area (Å²) in [6.45, 7) is 4.86. The molecular weight excluding hydrogens is 390 g/mol. The van der Waals surface area contributed by atoms with Crippen LogP contribution in [0.4, 0.5) is 0 Å². The normalized spacial score (nSPS) is 13.6. The lowest BCUT2D eigenvalue weighted by Crippen LogP contribution is -2.28. The molecule has 0 spiro atoms. The molecule has 0 saturated heterocycles. The first-order valence-corrected chi connectivity index (χ1v) is 11.1. The third kappa shape index (κ3) is 4.20. The number of amides is 1. The first kappa shape index (κ1) is 19.0. The lowest BCUT2D eigenvalue weighted by Gasteiger charge is -2.10. The Kier molecular flexibility index (Phi) is 5.64. The SMILES string of the molecule is C=CCn1c(SCC(=O)NCC2CC2)nc2sc(-c3ccccc3)cc2c1=O. The van der Waals surface area contributed by atoms with Crippen LogP contribution in [-0.4, -0.2) is 27.8 Å². The number of hydrogen-bond donors (Lipinski definition) is 1. The van der Waals surface area contributed by atoms with Gasteiger partial charge in [-0.1, -0.05) is 48.2 Å². The van der Waals surface area contributed by atoms with E-state index in [1.165, 1.54) is 35.9 Å². The number of nitrogens with zero attached hydrogens (tertiary/aromatic N) is 2. The quantitative estimate of drug-likeness (QED) is 0.347. The standard InChI is InChI=1S/C21H21N3O2S2/c1-2-10-24-20(26)16-11-17(15-6-4-3-5-7-15)28-19(16)23-21(24)27-13-18(25)22-12-14-8-9-14/h2-7,11,14H,1,8-10,12-13H2,(H,22,25). The Morgan fingerprint density at radius 1 is 1.36 bits per heavy atom. The summed E-state index contributed by atoms with van der Waals surface area (Å²) < 4.78 is 1.59. The lowest BCUT2D eigenvalue weighted by atomic mass is 10.2. The average Bonchev–Trinajstić information content (AvgIpc) is 3.45. The molecule has 7 heteroatoms. The molecule has 0 unspecified atom stereocenters. The monoisotopic (exact) mass is 411 g/mol. The second kappa shape index (κ2) is 8.32. The van der Waals surface area contributed by atoms with Gasteiger partial charge in [-0.2, -0.15) is 0 Å². The maximum Gasteiger partial charge on any atom is 0.263 e. The number of aromatic nitrogens is 2. The Morgan fingerprint density at radius 3 is 2.86 bits per heavy atom. The maximum absolute atomic E-state index is 13.0. The van der Waals surface area contributed by atoms with Gasteiger partial charge in [-0.3, -0.25) is 14.2 Å². The molecule has 3 aromatic rings. The number of nitrogens with one attached hydrogen (secondary N) is 1. The zero-order chi connectivity index (χ0) is 19.5. The van der Waals surface area contributed by atoms with Crippen molar-refractivity contribution in [3.8, 4) is 10.4 Å². The molecule has 0 radical (unpaired) electrons. The maximum atomic E-state index is 13.0. The molecule has 2 aromatic heterocycles. The molecule has 1 aliphatic rings. The summed E-state index contributed by atoms with van der Waals surface area (Å²) in [6, 6.07) is 11.9. The number of carbonyl (C=O) groups excluding carboxylic acids is 1. The fourth-order valence-corrected chi connectivity index (χ4v) is 4.82. The first-order valence-electron chi connectivity index (χ1n) is 9.26. The van der Waals surface area contributed by atoms with Crippen molar-refractivity contribution >= 4 is 39.2 Å². The second-order valence-electron chi connectivity index (χ2n) is 6.83. The minimum absolute atomic E-state index is 0.0208. The summed E-state index contributed by atoms with van der Waals surface area (Å²) in [6.07, 6.45) is 4.08. The molecule has 4 rings (SSSR count). The van der Waals surface area contributed by atoms with Crippen LogP contribution in [0.3, 0.4) is 0 Å². The van der Waals surface area contributed by atoms with E-state index in [9.17, 15) is 9.59 Å². The molecule has 1 aliphatic carbocycles. The minimum Gasteiger partial charge on any atom is -0.355 e. The summed E-state index contributed by atoms with van der Waals surface area (Å²) in [5.74, 6) is 0.871. The van der Waals surface area contributed by atoms with E-state index in [0.29, 0.717) is 27.8 Å². The van der Waals surface area contributed by atoms with Crippen LogP contribution in [0, 0.1) is 5.92 Å². The van der Waals surface area contributed by atoms with Gasteiger partial charge >= 0.3 is 0 Å². The van der Waals surface area contributed by atoms with Gasteiger partial charge in [-0.25, -0.2) is 4.98 Å². The molecule has 0 bridgehead atoms. The van der Waals surface area contributed by atoms with Crippen molar-refractivity contribution in [3.63, 3.8) is 0 Å². The highest BCUT2D eigenvalue weighted by Gasteiger charge is 2.22.